The second-order valence-electron chi connectivity index (χ2n) is 6.23. The molecule has 3 atom stereocenters. The highest BCUT2D eigenvalue weighted by molar-refractivity contribution is 5.69. The number of aliphatic carboxylic acids is 1. The third kappa shape index (κ3) is 3.70. The van der Waals surface area contributed by atoms with Crippen LogP contribution in [-0.4, -0.2) is 35.1 Å². The van der Waals surface area contributed by atoms with Crippen LogP contribution in [0.2, 0.25) is 0 Å². The van der Waals surface area contributed by atoms with E-state index in [1.165, 1.54) is 32.1 Å². The Kier molecular flexibility index (Phi) is 4.08. The van der Waals surface area contributed by atoms with Crippen molar-refractivity contribution in [3.05, 3.63) is 0 Å². The number of nitrogens with zero attached hydrogens (tertiary/aromatic N) is 1. The minimum Gasteiger partial charge on any atom is -0.480 e. The first-order valence-corrected chi connectivity index (χ1v) is 7.02. The highest BCUT2D eigenvalue weighted by atomic mass is 16.4. The Morgan fingerprint density at radius 2 is 1.94 bits per heavy atom. The third-order valence-corrected chi connectivity index (χ3v) is 4.41. The molecule has 0 saturated heterocycles. The van der Waals surface area contributed by atoms with Crippen LogP contribution in [0.15, 0.2) is 0 Å². The smallest absolute Gasteiger partial charge is 0.317 e. The molecule has 2 rings (SSSR count). The normalized spacial score (nSPS) is 33.9. The molecule has 0 aromatic rings. The molecular formula is C14H25NO2. The fourth-order valence-electron chi connectivity index (χ4n) is 3.13. The van der Waals surface area contributed by atoms with E-state index in [0.29, 0.717) is 12.0 Å². The molecule has 2 aliphatic carbocycles. The van der Waals surface area contributed by atoms with Gasteiger partial charge in [-0.2, -0.15) is 0 Å². The first-order valence-electron chi connectivity index (χ1n) is 7.02. The molecule has 3 nitrogen and oxygen atoms in total. The summed E-state index contributed by atoms with van der Waals surface area (Å²) in [5.74, 6) is 1.52. The van der Waals surface area contributed by atoms with Crippen molar-refractivity contribution in [2.24, 2.45) is 17.8 Å². The number of rotatable bonds is 5. The van der Waals surface area contributed by atoms with Gasteiger partial charge in [0.15, 0.2) is 0 Å². The van der Waals surface area contributed by atoms with Crippen LogP contribution in [0.3, 0.4) is 0 Å². The summed E-state index contributed by atoms with van der Waals surface area (Å²) in [6.07, 6.45) is 6.34. The van der Waals surface area contributed by atoms with Gasteiger partial charge in [0.25, 0.3) is 0 Å². The number of hydrogen-bond donors (Lipinski definition) is 1. The Morgan fingerprint density at radius 3 is 2.53 bits per heavy atom. The van der Waals surface area contributed by atoms with E-state index in [1.54, 1.807) is 0 Å². The lowest BCUT2D eigenvalue weighted by Crippen LogP contribution is -2.46. The van der Waals surface area contributed by atoms with Gasteiger partial charge >= 0.3 is 5.97 Å². The second kappa shape index (κ2) is 5.38. The Bertz CT molecular complexity index is 275. The van der Waals surface area contributed by atoms with Crippen molar-refractivity contribution in [1.82, 2.24) is 4.90 Å². The van der Waals surface area contributed by atoms with E-state index in [-0.39, 0.29) is 6.54 Å². The van der Waals surface area contributed by atoms with Crippen LogP contribution in [0.25, 0.3) is 0 Å². The van der Waals surface area contributed by atoms with Crippen molar-refractivity contribution >= 4 is 5.97 Å². The van der Waals surface area contributed by atoms with E-state index >= 15 is 0 Å². The minimum absolute atomic E-state index is 0.234. The molecule has 0 radical (unpaired) electrons. The van der Waals surface area contributed by atoms with Gasteiger partial charge in [0.1, 0.15) is 0 Å². The largest absolute Gasteiger partial charge is 0.480 e. The number of carbonyl (C=O) groups is 1. The molecule has 98 valence electrons. The van der Waals surface area contributed by atoms with E-state index in [1.807, 2.05) is 0 Å². The minimum atomic E-state index is -0.670. The zero-order valence-corrected chi connectivity index (χ0v) is 11.1. The number of carboxylic acid groups (broad SMARTS) is 1. The topological polar surface area (TPSA) is 40.5 Å². The predicted octanol–water partition coefficient (Wildman–Crippen LogP) is 2.61. The van der Waals surface area contributed by atoms with Gasteiger partial charge < -0.3 is 5.11 Å². The van der Waals surface area contributed by atoms with Crippen molar-refractivity contribution < 1.29 is 9.90 Å². The van der Waals surface area contributed by atoms with Crippen LogP contribution in [0.5, 0.6) is 0 Å². The summed E-state index contributed by atoms with van der Waals surface area (Å²) >= 11 is 0. The maximum atomic E-state index is 11.0. The maximum absolute atomic E-state index is 11.0. The molecule has 0 aliphatic heterocycles. The quantitative estimate of drug-likeness (QED) is 0.801. The molecule has 0 heterocycles. The summed E-state index contributed by atoms with van der Waals surface area (Å²) in [6, 6.07) is 0.496. The highest BCUT2D eigenvalue weighted by Crippen LogP contribution is 2.35. The molecule has 2 saturated carbocycles. The Labute approximate surface area is 104 Å². The van der Waals surface area contributed by atoms with Gasteiger partial charge in [0.05, 0.1) is 6.54 Å². The summed E-state index contributed by atoms with van der Waals surface area (Å²) in [5, 5.41) is 9.06. The zero-order chi connectivity index (χ0) is 12.4. The molecule has 17 heavy (non-hydrogen) atoms. The van der Waals surface area contributed by atoms with Gasteiger partial charge in [-0.25, -0.2) is 0 Å². The summed E-state index contributed by atoms with van der Waals surface area (Å²) in [6.45, 7) is 5.83. The number of carboxylic acids is 1. The van der Waals surface area contributed by atoms with Gasteiger partial charge in [-0.3, -0.25) is 9.69 Å². The average Bonchev–Trinajstić information content (AvgIpc) is 3.04. The first-order chi connectivity index (χ1) is 8.06. The fourth-order valence-corrected chi connectivity index (χ4v) is 3.13. The monoisotopic (exact) mass is 239 g/mol. The summed E-state index contributed by atoms with van der Waals surface area (Å²) in [5.41, 5.74) is 0. The van der Waals surface area contributed by atoms with Crippen molar-refractivity contribution in [2.45, 2.75) is 52.0 Å². The zero-order valence-electron chi connectivity index (χ0n) is 11.1. The molecule has 0 aromatic heterocycles. The van der Waals surface area contributed by atoms with Crippen LogP contribution < -0.4 is 0 Å². The standard InChI is InChI=1S/C14H25NO2/c1-10-3-4-11(2)13(7-10)15(9-14(16)17)8-12-5-6-12/h10-13H,3-9H2,1-2H3,(H,16,17). The van der Waals surface area contributed by atoms with E-state index in [4.69, 9.17) is 5.11 Å². The molecule has 2 fully saturated rings. The van der Waals surface area contributed by atoms with Crippen LogP contribution in [0.1, 0.15) is 46.0 Å². The average molecular weight is 239 g/mol. The number of hydrogen-bond acceptors (Lipinski definition) is 2. The summed E-state index contributed by atoms with van der Waals surface area (Å²) in [4.78, 5) is 13.3. The van der Waals surface area contributed by atoms with Crippen molar-refractivity contribution in [3.8, 4) is 0 Å². The van der Waals surface area contributed by atoms with E-state index in [9.17, 15) is 4.79 Å². The van der Waals surface area contributed by atoms with Crippen molar-refractivity contribution in [3.63, 3.8) is 0 Å². The molecule has 2 aliphatic rings. The SMILES string of the molecule is CC1CCC(C)C(N(CC(=O)O)CC2CC2)C1. The molecule has 0 amide bonds. The summed E-state index contributed by atoms with van der Waals surface area (Å²) in [7, 11) is 0. The van der Waals surface area contributed by atoms with Crippen LogP contribution >= 0.6 is 0 Å². The lowest BCUT2D eigenvalue weighted by molar-refractivity contribution is -0.139. The van der Waals surface area contributed by atoms with Gasteiger partial charge in [-0.05, 0) is 43.4 Å². The van der Waals surface area contributed by atoms with Crippen molar-refractivity contribution in [2.75, 3.05) is 13.1 Å². The van der Waals surface area contributed by atoms with Crippen LogP contribution in [0.4, 0.5) is 0 Å². The lowest BCUT2D eigenvalue weighted by atomic mass is 9.79. The molecule has 1 N–H and O–H groups in total. The van der Waals surface area contributed by atoms with Crippen molar-refractivity contribution in [1.29, 1.82) is 0 Å². The van der Waals surface area contributed by atoms with E-state index < -0.39 is 5.97 Å². The predicted molar refractivity (Wildman–Crippen MR) is 67.9 cm³/mol. The van der Waals surface area contributed by atoms with Gasteiger partial charge in [0.2, 0.25) is 0 Å². The van der Waals surface area contributed by atoms with Gasteiger partial charge in [-0.1, -0.05) is 20.3 Å². The molecule has 0 bridgehead atoms. The van der Waals surface area contributed by atoms with Gasteiger partial charge in [0, 0.05) is 12.6 Å². The summed E-state index contributed by atoms with van der Waals surface area (Å²) < 4.78 is 0. The highest BCUT2D eigenvalue weighted by Gasteiger charge is 2.34. The lowest BCUT2D eigenvalue weighted by Gasteiger charge is -2.40. The Hall–Kier alpha value is -0.570. The Morgan fingerprint density at radius 1 is 1.24 bits per heavy atom. The second-order valence-corrected chi connectivity index (χ2v) is 6.23. The molecule has 0 aromatic carbocycles. The molecule has 0 spiro atoms. The maximum Gasteiger partial charge on any atom is 0.317 e. The Balaban J connectivity index is 1.98. The van der Waals surface area contributed by atoms with Crippen LogP contribution in [-0.2, 0) is 4.79 Å². The van der Waals surface area contributed by atoms with E-state index in [0.717, 1.165) is 18.4 Å². The molecule has 3 heteroatoms. The fraction of sp³-hybridized carbons (Fsp3) is 0.929. The molecule has 3 unspecified atom stereocenters. The first kappa shape index (κ1) is 12.9. The van der Waals surface area contributed by atoms with Gasteiger partial charge in [-0.15, -0.1) is 0 Å². The van der Waals surface area contributed by atoms with E-state index in [2.05, 4.69) is 18.7 Å². The third-order valence-electron chi connectivity index (χ3n) is 4.41. The molecular weight excluding hydrogens is 214 g/mol. The van der Waals surface area contributed by atoms with Crippen LogP contribution in [0, 0.1) is 17.8 Å².